The van der Waals surface area contributed by atoms with Gasteiger partial charge in [-0.1, -0.05) is 12.7 Å². The van der Waals surface area contributed by atoms with E-state index in [4.69, 9.17) is 0 Å². The minimum absolute atomic E-state index is 0.962. The normalized spacial score (nSPS) is 12.1. The summed E-state index contributed by atoms with van der Waals surface area (Å²) < 4.78 is 0. The molecule has 0 saturated heterocycles. The average molecular weight is 138 g/mol. The molecule has 0 rings (SSSR count). The minimum Gasteiger partial charge on any atom is -0.369 e. The number of nitrogens with zero attached hydrogens (tertiary/aromatic N) is 2. The van der Waals surface area contributed by atoms with Gasteiger partial charge in [-0.2, -0.15) is 0 Å². The van der Waals surface area contributed by atoms with Gasteiger partial charge in [-0.3, -0.25) is 0 Å². The third-order valence-electron chi connectivity index (χ3n) is 0.851. The summed E-state index contributed by atoms with van der Waals surface area (Å²) in [6.45, 7) is 5.50. The van der Waals surface area contributed by atoms with Crippen LogP contribution in [0.1, 0.15) is 6.92 Å². The fraction of sp³-hybridized carbons (Fsp3) is 0.375. The Morgan fingerprint density at radius 3 is 2.50 bits per heavy atom. The summed E-state index contributed by atoms with van der Waals surface area (Å²) in [4.78, 5) is 5.99. The molecule has 0 spiro atoms. The molecule has 56 valence electrons. The van der Waals surface area contributed by atoms with Crippen molar-refractivity contribution in [2.75, 3.05) is 14.1 Å². The molecule has 0 heterocycles. The fourth-order valence-electron chi connectivity index (χ4n) is 0.420. The van der Waals surface area contributed by atoms with E-state index in [1.165, 1.54) is 0 Å². The van der Waals surface area contributed by atoms with E-state index in [9.17, 15) is 0 Å². The highest BCUT2D eigenvalue weighted by Gasteiger charge is 1.78. The van der Waals surface area contributed by atoms with Crippen molar-refractivity contribution in [2.24, 2.45) is 4.99 Å². The van der Waals surface area contributed by atoms with Gasteiger partial charge in [-0.15, -0.1) is 0 Å². The molecule has 0 bridgehead atoms. The molecular formula is C8H14N2. The van der Waals surface area contributed by atoms with Gasteiger partial charge in [-0.05, 0) is 13.0 Å². The maximum atomic E-state index is 4.10. The Morgan fingerprint density at radius 2 is 2.10 bits per heavy atom. The Balaban J connectivity index is 3.88. The van der Waals surface area contributed by atoms with Crippen LogP contribution in [0.25, 0.3) is 0 Å². The minimum atomic E-state index is 0.962. The van der Waals surface area contributed by atoms with Crippen molar-refractivity contribution in [3.05, 3.63) is 24.4 Å². The molecule has 0 fully saturated rings. The number of aliphatic imine (C=N–C) groups is 1. The highest BCUT2D eigenvalue weighted by Crippen LogP contribution is 1.92. The Labute approximate surface area is 62.6 Å². The van der Waals surface area contributed by atoms with Crippen molar-refractivity contribution in [1.29, 1.82) is 0 Å². The first kappa shape index (κ1) is 8.95. The monoisotopic (exact) mass is 138 g/mol. The fourth-order valence-corrected chi connectivity index (χ4v) is 0.420. The van der Waals surface area contributed by atoms with Crippen molar-refractivity contribution < 1.29 is 0 Å². The Kier molecular flexibility index (Phi) is 4.29. The van der Waals surface area contributed by atoms with E-state index in [0.29, 0.717) is 0 Å². The number of hydrogen-bond acceptors (Lipinski definition) is 1. The van der Waals surface area contributed by atoms with Crippen LogP contribution in [-0.2, 0) is 0 Å². The molecule has 0 unspecified atom stereocenters. The Bertz CT molecular complexity index is 155. The molecule has 0 aliphatic heterocycles. The van der Waals surface area contributed by atoms with Gasteiger partial charge in [0.05, 0.1) is 6.34 Å². The van der Waals surface area contributed by atoms with Crippen LogP contribution in [-0.4, -0.2) is 25.3 Å². The smallest absolute Gasteiger partial charge is 0.0902 e. The van der Waals surface area contributed by atoms with Crippen molar-refractivity contribution in [2.45, 2.75) is 6.92 Å². The summed E-state index contributed by atoms with van der Waals surface area (Å²) in [5.74, 6) is 0. The predicted octanol–water partition coefficient (Wildman–Crippen LogP) is 1.67. The molecule has 2 nitrogen and oxygen atoms in total. The van der Waals surface area contributed by atoms with E-state index in [0.717, 1.165) is 5.70 Å². The van der Waals surface area contributed by atoms with Crippen molar-refractivity contribution >= 4 is 6.34 Å². The van der Waals surface area contributed by atoms with Crippen molar-refractivity contribution in [1.82, 2.24) is 4.90 Å². The highest BCUT2D eigenvalue weighted by molar-refractivity contribution is 5.55. The molecule has 0 saturated carbocycles. The molecule has 0 atom stereocenters. The highest BCUT2D eigenvalue weighted by atomic mass is 15.1. The molecule has 0 aromatic heterocycles. The van der Waals surface area contributed by atoms with Crippen LogP contribution in [0.15, 0.2) is 29.4 Å². The zero-order chi connectivity index (χ0) is 7.98. The van der Waals surface area contributed by atoms with E-state index in [1.54, 1.807) is 12.4 Å². The lowest BCUT2D eigenvalue weighted by Gasteiger charge is -2.01. The maximum Gasteiger partial charge on any atom is 0.0902 e. The molecular weight excluding hydrogens is 124 g/mol. The largest absolute Gasteiger partial charge is 0.369 e. The Hall–Kier alpha value is -1.05. The lowest BCUT2D eigenvalue weighted by molar-refractivity contribution is 0.642. The number of rotatable bonds is 3. The lowest BCUT2D eigenvalue weighted by Crippen LogP contribution is -2.07. The van der Waals surface area contributed by atoms with Gasteiger partial charge in [0.25, 0.3) is 0 Å². The molecule has 0 aromatic rings. The SMILES string of the molecule is C=C/C=C(\C)N=CN(C)C. The molecule has 2 heteroatoms. The van der Waals surface area contributed by atoms with Gasteiger partial charge in [0.1, 0.15) is 0 Å². The molecule has 0 N–H and O–H groups in total. The van der Waals surface area contributed by atoms with Gasteiger partial charge in [0.15, 0.2) is 0 Å². The first-order valence-electron chi connectivity index (χ1n) is 3.16. The van der Waals surface area contributed by atoms with Crippen LogP contribution in [0.5, 0.6) is 0 Å². The maximum absolute atomic E-state index is 4.10. The van der Waals surface area contributed by atoms with Crippen LogP contribution < -0.4 is 0 Å². The second kappa shape index (κ2) is 4.79. The second-order valence-electron chi connectivity index (χ2n) is 2.25. The third kappa shape index (κ3) is 5.09. The summed E-state index contributed by atoms with van der Waals surface area (Å²) in [5, 5.41) is 0. The third-order valence-corrected chi connectivity index (χ3v) is 0.851. The predicted molar refractivity (Wildman–Crippen MR) is 46.1 cm³/mol. The van der Waals surface area contributed by atoms with E-state index in [-0.39, 0.29) is 0 Å². The van der Waals surface area contributed by atoms with Crippen LogP contribution >= 0.6 is 0 Å². The van der Waals surface area contributed by atoms with Crippen LogP contribution in [0.4, 0.5) is 0 Å². The molecule has 0 amide bonds. The van der Waals surface area contributed by atoms with Crippen LogP contribution in [0.2, 0.25) is 0 Å². The average Bonchev–Trinajstić information content (AvgIpc) is 1.85. The van der Waals surface area contributed by atoms with Gasteiger partial charge < -0.3 is 4.90 Å². The molecule has 0 aromatic carbocycles. The topological polar surface area (TPSA) is 15.6 Å². The van der Waals surface area contributed by atoms with Crippen molar-refractivity contribution in [3.63, 3.8) is 0 Å². The molecule has 0 radical (unpaired) electrons. The Morgan fingerprint density at radius 1 is 1.50 bits per heavy atom. The molecule has 0 aliphatic rings. The van der Waals surface area contributed by atoms with Crippen molar-refractivity contribution in [3.8, 4) is 0 Å². The number of hydrogen-bond donors (Lipinski definition) is 0. The van der Waals surface area contributed by atoms with E-state index < -0.39 is 0 Å². The van der Waals surface area contributed by atoms with E-state index in [2.05, 4.69) is 11.6 Å². The van der Waals surface area contributed by atoms with Gasteiger partial charge in [0, 0.05) is 19.8 Å². The van der Waals surface area contributed by atoms with Gasteiger partial charge >= 0.3 is 0 Å². The van der Waals surface area contributed by atoms with E-state index >= 15 is 0 Å². The second-order valence-corrected chi connectivity index (χ2v) is 2.25. The summed E-state index contributed by atoms with van der Waals surface area (Å²) in [6.07, 6.45) is 5.34. The molecule has 0 aliphatic carbocycles. The lowest BCUT2D eigenvalue weighted by atomic mass is 10.4. The zero-order valence-corrected chi connectivity index (χ0v) is 6.83. The molecule has 10 heavy (non-hydrogen) atoms. The quantitative estimate of drug-likeness (QED) is 0.329. The first-order chi connectivity index (χ1) is 4.66. The summed E-state index contributed by atoms with van der Waals surface area (Å²) in [5.41, 5.74) is 0.962. The summed E-state index contributed by atoms with van der Waals surface area (Å²) in [7, 11) is 3.87. The number of allylic oxidation sites excluding steroid dienone is 3. The van der Waals surface area contributed by atoms with Crippen LogP contribution in [0.3, 0.4) is 0 Å². The summed E-state index contributed by atoms with van der Waals surface area (Å²) in [6, 6.07) is 0. The first-order valence-corrected chi connectivity index (χ1v) is 3.16. The van der Waals surface area contributed by atoms with Crippen LogP contribution in [0, 0.1) is 0 Å². The van der Waals surface area contributed by atoms with E-state index in [1.807, 2.05) is 32.0 Å². The zero-order valence-electron chi connectivity index (χ0n) is 6.83. The summed E-state index contributed by atoms with van der Waals surface area (Å²) >= 11 is 0. The van der Waals surface area contributed by atoms with Gasteiger partial charge in [0.2, 0.25) is 0 Å². The van der Waals surface area contributed by atoms with Gasteiger partial charge in [-0.25, -0.2) is 4.99 Å². The standard InChI is InChI=1S/C8H14N2/c1-5-6-8(2)9-7-10(3)4/h5-7H,1H2,2-4H3/b8-6+,9-7?.